The van der Waals surface area contributed by atoms with Gasteiger partial charge in [-0.05, 0) is 26.8 Å². The summed E-state index contributed by atoms with van der Waals surface area (Å²) in [5.41, 5.74) is 0.527. The summed E-state index contributed by atoms with van der Waals surface area (Å²) in [7, 11) is 1.65. The van der Waals surface area contributed by atoms with Gasteiger partial charge in [0.15, 0.2) is 5.82 Å². The van der Waals surface area contributed by atoms with E-state index in [4.69, 9.17) is 9.47 Å². The maximum atomic E-state index is 13.1. The molecule has 1 saturated heterocycles. The first kappa shape index (κ1) is 17.3. The third-order valence-corrected chi connectivity index (χ3v) is 4.11. The first-order chi connectivity index (χ1) is 12.0. The van der Waals surface area contributed by atoms with Crippen molar-refractivity contribution in [1.82, 2.24) is 25.1 Å². The van der Waals surface area contributed by atoms with E-state index in [2.05, 4.69) is 20.2 Å². The Kier molecular flexibility index (Phi) is 4.98. The van der Waals surface area contributed by atoms with Gasteiger partial charge in [0, 0.05) is 37.9 Å². The van der Waals surface area contributed by atoms with Crippen LogP contribution in [0.3, 0.4) is 0 Å². The number of aromatic amines is 1. The first-order valence-electron chi connectivity index (χ1n) is 8.33. The van der Waals surface area contributed by atoms with E-state index in [9.17, 15) is 4.79 Å². The van der Waals surface area contributed by atoms with Crippen molar-refractivity contribution in [3.05, 3.63) is 35.5 Å². The summed E-state index contributed by atoms with van der Waals surface area (Å²) in [4.78, 5) is 23.4. The van der Waals surface area contributed by atoms with Crippen LogP contribution in [0, 0.1) is 6.92 Å². The molecule has 2 atom stereocenters. The number of hydrogen-bond donors (Lipinski definition) is 1. The number of nitrogens with zero attached hydrogens (tertiary/aromatic N) is 4. The third kappa shape index (κ3) is 3.79. The van der Waals surface area contributed by atoms with Crippen molar-refractivity contribution in [2.45, 2.75) is 45.4 Å². The standard InChI is InChI=1S/C17H23N5O3/c1-10(2)25-15-7-12(5-6-18-15)17(23)22-9-13(24-4)8-14(22)16-19-11(3)20-21-16/h5-7,10,13-14H,8-9H2,1-4H3,(H,19,20,21)/t13-,14+/m1/s1. The lowest BCUT2D eigenvalue weighted by Crippen LogP contribution is -2.32. The zero-order chi connectivity index (χ0) is 18.0. The highest BCUT2D eigenvalue weighted by Crippen LogP contribution is 2.33. The van der Waals surface area contributed by atoms with Crippen LogP contribution in [-0.4, -0.2) is 56.8 Å². The zero-order valence-corrected chi connectivity index (χ0v) is 14.9. The van der Waals surface area contributed by atoms with Crippen LogP contribution in [0.5, 0.6) is 5.88 Å². The van der Waals surface area contributed by atoms with Gasteiger partial charge in [-0.3, -0.25) is 9.89 Å². The van der Waals surface area contributed by atoms with Crippen molar-refractivity contribution >= 4 is 5.91 Å². The molecule has 8 heteroatoms. The van der Waals surface area contributed by atoms with Crippen LogP contribution in [0.15, 0.2) is 18.3 Å². The number of pyridine rings is 1. The molecule has 0 saturated carbocycles. The number of amides is 1. The Hall–Kier alpha value is -2.48. The van der Waals surface area contributed by atoms with Crippen LogP contribution < -0.4 is 4.74 Å². The van der Waals surface area contributed by atoms with E-state index in [1.165, 1.54) is 0 Å². The van der Waals surface area contributed by atoms with Crippen molar-refractivity contribution in [1.29, 1.82) is 0 Å². The molecule has 2 aromatic heterocycles. The Balaban J connectivity index is 1.86. The van der Waals surface area contributed by atoms with Gasteiger partial charge in [-0.1, -0.05) is 0 Å². The molecular weight excluding hydrogens is 322 g/mol. The largest absolute Gasteiger partial charge is 0.475 e. The molecular formula is C17H23N5O3. The fourth-order valence-electron chi connectivity index (χ4n) is 2.96. The smallest absolute Gasteiger partial charge is 0.254 e. The maximum Gasteiger partial charge on any atom is 0.254 e. The molecule has 1 N–H and O–H groups in total. The highest BCUT2D eigenvalue weighted by atomic mass is 16.5. The number of likely N-dealkylation sites (tertiary alicyclic amines) is 1. The summed E-state index contributed by atoms with van der Waals surface area (Å²) in [6.07, 6.45) is 2.20. The van der Waals surface area contributed by atoms with Crippen LogP contribution >= 0.6 is 0 Å². The molecule has 3 heterocycles. The Morgan fingerprint density at radius 1 is 1.44 bits per heavy atom. The van der Waals surface area contributed by atoms with Crippen molar-refractivity contribution < 1.29 is 14.3 Å². The summed E-state index contributed by atoms with van der Waals surface area (Å²) in [6, 6.07) is 3.14. The van der Waals surface area contributed by atoms with Crippen LogP contribution in [0.2, 0.25) is 0 Å². The third-order valence-electron chi connectivity index (χ3n) is 4.11. The highest BCUT2D eigenvalue weighted by molar-refractivity contribution is 5.94. The number of hydrogen-bond acceptors (Lipinski definition) is 6. The number of aryl methyl sites for hydroxylation is 1. The number of H-pyrrole nitrogens is 1. The van der Waals surface area contributed by atoms with Gasteiger partial charge < -0.3 is 14.4 Å². The van der Waals surface area contributed by atoms with E-state index in [1.54, 1.807) is 30.3 Å². The number of rotatable bonds is 5. The SMILES string of the molecule is CO[C@@H]1C[C@@H](c2n[nH]c(C)n2)N(C(=O)c2ccnc(OC(C)C)c2)C1. The maximum absolute atomic E-state index is 13.1. The quantitative estimate of drug-likeness (QED) is 0.889. The molecule has 1 amide bonds. The molecule has 3 rings (SSSR count). The molecule has 2 aromatic rings. The molecule has 0 spiro atoms. The molecule has 8 nitrogen and oxygen atoms in total. The first-order valence-corrected chi connectivity index (χ1v) is 8.33. The van der Waals surface area contributed by atoms with Crippen LogP contribution in [0.25, 0.3) is 0 Å². The fraction of sp³-hybridized carbons (Fsp3) is 0.529. The molecule has 1 fully saturated rings. The second kappa shape index (κ2) is 7.18. The van der Waals surface area contributed by atoms with Crippen LogP contribution in [0.4, 0.5) is 0 Å². The van der Waals surface area contributed by atoms with Gasteiger partial charge in [0.25, 0.3) is 5.91 Å². The van der Waals surface area contributed by atoms with Crippen LogP contribution in [-0.2, 0) is 4.74 Å². The minimum atomic E-state index is -0.218. The number of aromatic nitrogens is 4. The highest BCUT2D eigenvalue weighted by Gasteiger charge is 2.39. The molecule has 134 valence electrons. The predicted molar refractivity (Wildman–Crippen MR) is 90.3 cm³/mol. The van der Waals surface area contributed by atoms with Crippen molar-refractivity contribution in [2.24, 2.45) is 0 Å². The van der Waals surface area contributed by atoms with Crippen LogP contribution in [0.1, 0.15) is 48.3 Å². The zero-order valence-electron chi connectivity index (χ0n) is 14.9. The molecule has 0 unspecified atom stereocenters. The molecule has 0 aromatic carbocycles. The van der Waals surface area contributed by atoms with Gasteiger partial charge in [0.1, 0.15) is 5.82 Å². The second-order valence-electron chi connectivity index (χ2n) is 6.40. The topological polar surface area (TPSA) is 93.2 Å². The summed E-state index contributed by atoms with van der Waals surface area (Å²) in [6.45, 7) is 6.17. The average Bonchev–Trinajstić information content (AvgIpc) is 3.19. The molecule has 1 aliphatic heterocycles. The monoisotopic (exact) mass is 345 g/mol. The summed E-state index contributed by atoms with van der Waals surface area (Å²) < 4.78 is 11.1. The van der Waals surface area contributed by atoms with E-state index in [-0.39, 0.29) is 24.2 Å². The summed E-state index contributed by atoms with van der Waals surface area (Å²) >= 11 is 0. The summed E-state index contributed by atoms with van der Waals surface area (Å²) in [5, 5.41) is 7.07. The fourth-order valence-corrected chi connectivity index (χ4v) is 2.96. The van der Waals surface area contributed by atoms with Crippen molar-refractivity contribution in [2.75, 3.05) is 13.7 Å². The van der Waals surface area contributed by atoms with Gasteiger partial charge in [-0.15, -0.1) is 0 Å². The molecule has 0 aliphatic carbocycles. The molecule has 0 bridgehead atoms. The van der Waals surface area contributed by atoms with E-state index < -0.39 is 0 Å². The average molecular weight is 345 g/mol. The van der Waals surface area contributed by atoms with E-state index >= 15 is 0 Å². The molecule has 25 heavy (non-hydrogen) atoms. The minimum Gasteiger partial charge on any atom is -0.475 e. The Labute approximate surface area is 146 Å². The van der Waals surface area contributed by atoms with Gasteiger partial charge in [0.05, 0.1) is 18.2 Å². The molecule has 1 aliphatic rings. The van der Waals surface area contributed by atoms with Gasteiger partial charge in [0.2, 0.25) is 5.88 Å². The van der Waals surface area contributed by atoms with Gasteiger partial charge in [-0.25, -0.2) is 9.97 Å². The van der Waals surface area contributed by atoms with E-state index in [0.717, 1.165) is 5.82 Å². The Bertz CT molecular complexity index is 745. The Morgan fingerprint density at radius 2 is 2.24 bits per heavy atom. The number of methoxy groups -OCH3 is 1. The number of nitrogens with one attached hydrogen (secondary N) is 1. The predicted octanol–water partition coefficient (Wildman–Crippen LogP) is 1.90. The summed E-state index contributed by atoms with van der Waals surface area (Å²) in [5.74, 6) is 1.66. The lowest BCUT2D eigenvalue weighted by atomic mass is 10.1. The minimum absolute atomic E-state index is 0.00788. The number of carbonyl (C=O) groups excluding carboxylic acids is 1. The Morgan fingerprint density at radius 3 is 2.88 bits per heavy atom. The normalized spacial score (nSPS) is 20.3. The second-order valence-corrected chi connectivity index (χ2v) is 6.40. The lowest BCUT2D eigenvalue weighted by Gasteiger charge is -2.22. The number of ether oxygens (including phenoxy) is 2. The number of carbonyl (C=O) groups is 1. The van der Waals surface area contributed by atoms with Gasteiger partial charge in [-0.2, -0.15) is 5.10 Å². The van der Waals surface area contributed by atoms with E-state index in [0.29, 0.717) is 30.2 Å². The van der Waals surface area contributed by atoms with E-state index in [1.807, 2.05) is 20.8 Å². The van der Waals surface area contributed by atoms with Gasteiger partial charge >= 0.3 is 0 Å². The van der Waals surface area contributed by atoms with Crippen molar-refractivity contribution in [3.63, 3.8) is 0 Å². The molecule has 0 radical (unpaired) electrons. The lowest BCUT2D eigenvalue weighted by molar-refractivity contribution is 0.0683. The van der Waals surface area contributed by atoms with Crippen molar-refractivity contribution in [3.8, 4) is 5.88 Å².